The lowest BCUT2D eigenvalue weighted by Crippen LogP contribution is -2.46. The second-order valence-electron chi connectivity index (χ2n) is 6.78. The molecule has 1 atom stereocenters. The molecule has 5 heteroatoms. The molecule has 2 rings (SSSR count). The van der Waals surface area contributed by atoms with Gasteiger partial charge in [0.15, 0.2) is 5.82 Å². The minimum absolute atomic E-state index is 0.00246. The van der Waals surface area contributed by atoms with Crippen LogP contribution in [0, 0.1) is 0 Å². The van der Waals surface area contributed by atoms with Crippen LogP contribution in [0.2, 0.25) is 0 Å². The smallest absolute Gasteiger partial charge is 0.293 e. The number of rotatable bonds is 4. The molecule has 1 unspecified atom stereocenters. The zero-order valence-corrected chi connectivity index (χ0v) is 13.7. The summed E-state index contributed by atoms with van der Waals surface area (Å²) in [5, 5.41) is 3.54. The van der Waals surface area contributed by atoms with Crippen LogP contribution in [-0.2, 0) is 5.54 Å². The van der Waals surface area contributed by atoms with Crippen molar-refractivity contribution in [3.63, 3.8) is 0 Å². The van der Waals surface area contributed by atoms with E-state index in [4.69, 9.17) is 0 Å². The van der Waals surface area contributed by atoms with E-state index in [9.17, 15) is 4.79 Å². The maximum Gasteiger partial charge on any atom is 0.293 e. The molecule has 1 N–H and O–H groups in total. The molecular weight excluding hydrogens is 264 g/mol. The molecule has 21 heavy (non-hydrogen) atoms. The topological polar surface area (TPSA) is 50.2 Å². The Morgan fingerprint density at radius 1 is 1.43 bits per heavy atom. The molecule has 118 valence electrons. The number of nitrogens with one attached hydrogen (secondary N) is 1. The molecule has 1 aromatic rings. The van der Waals surface area contributed by atoms with E-state index in [1.807, 2.05) is 20.8 Å². The third kappa shape index (κ3) is 3.84. The second kappa shape index (κ2) is 6.60. The van der Waals surface area contributed by atoms with Crippen LogP contribution in [0.15, 0.2) is 17.2 Å². The van der Waals surface area contributed by atoms with Gasteiger partial charge in [-0.1, -0.05) is 6.42 Å². The summed E-state index contributed by atoms with van der Waals surface area (Å²) < 4.78 is 1.77. The van der Waals surface area contributed by atoms with Gasteiger partial charge in [-0.25, -0.2) is 4.98 Å². The quantitative estimate of drug-likeness (QED) is 0.922. The summed E-state index contributed by atoms with van der Waals surface area (Å²) in [6, 6.07) is 0.461. The van der Waals surface area contributed by atoms with Crippen LogP contribution >= 0.6 is 0 Å². The van der Waals surface area contributed by atoms with Crippen molar-refractivity contribution in [3.8, 4) is 0 Å². The average molecular weight is 292 g/mol. The van der Waals surface area contributed by atoms with Crippen molar-refractivity contribution in [2.75, 3.05) is 24.5 Å². The molecule has 1 fully saturated rings. The molecule has 5 nitrogen and oxygen atoms in total. The molecule has 1 aromatic heterocycles. The van der Waals surface area contributed by atoms with Crippen LogP contribution in [0.5, 0.6) is 0 Å². The number of aromatic nitrogens is 2. The lowest BCUT2D eigenvalue weighted by molar-refractivity contribution is 0.379. The van der Waals surface area contributed by atoms with Gasteiger partial charge in [0.25, 0.3) is 5.56 Å². The van der Waals surface area contributed by atoms with Gasteiger partial charge in [-0.3, -0.25) is 4.79 Å². The SMILES string of the molecule is CCN(CC1CCCCN1)c1nccn(C(C)(C)C)c1=O. The summed E-state index contributed by atoms with van der Waals surface area (Å²) in [5.41, 5.74) is -0.222. The monoisotopic (exact) mass is 292 g/mol. The average Bonchev–Trinajstić information content (AvgIpc) is 2.45. The van der Waals surface area contributed by atoms with Crippen molar-refractivity contribution in [1.82, 2.24) is 14.9 Å². The predicted octanol–water partition coefficient (Wildman–Crippen LogP) is 1.97. The summed E-state index contributed by atoms with van der Waals surface area (Å²) >= 11 is 0. The van der Waals surface area contributed by atoms with E-state index in [0.717, 1.165) is 19.6 Å². The number of hydrogen-bond donors (Lipinski definition) is 1. The van der Waals surface area contributed by atoms with E-state index in [1.165, 1.54) is 19.3 Å². The highest BCUT2D eigenvalue weighted by Crippen LogP contribution is 2.14. The minimum Gasteiger partial charge on any atom is -0.351 e. The van der Waals surface area contributed by atoms with Gasteiger partial charge in [-0.2, -0.15) is 0 Å². The van der Waals surface area contributed by atoms with E-state index >= 15 is 0 Å². The van der Waals surface area contributed by atoms with Gasteiger partial charge < -0.3 is 14.8 Å². The maximum atomic E-state index is 12.7. The van der Waals surface area contributed by atoms with Gasteiger partial charge >= 0.3 is 0 Å². The fourth-order valence-electron chi connectivity index (χ4n) is 2.86. The summed E-state index contributed by atoms with van der Waals surface area (Å²) in [5.74, 6) is 0.572. The van der Waals surface area contributed by atoms with Gasteiger partial charge in [-0.05, 0) is 47.1 Å². The second-order valence-corrected chi connectivity index (χ2v) is 6.78. The lowest BCUT2D eigenvalue weighted by Gasteiger charge is -2.31. The number of hydrogen-bond acceptors (Lipinski definition) is 4. The molecule has 0 amide bonds. The van der Waals surface area contributed by atoms with Crippen LogP contribution < -0.4 is 15.8 Å². The Labute approximate surface area is 127 Å². The van der Waals surface area contributed by atoms with Gasteiger partial charge in [0.05, 0.1) is 0 Å². The summed E-state index contributed by atoms with van der Waals surface area (Å²) in [4.78, 5) is 19.2. The van der Waals surface area contributed by atoms with Crippen LogP contribution in [0.3, 0.4) is 0 Å². The van der Waals surface area contributed by atoms with Gasteiger partial charge in [-0.15, -0.1) is 0 Å². The first-order valence-electron chi connectivity index (χ1n) is 8.00. The fraction of sp³-hybridized carbons (Fsp3) is 0.750. The van der Waals surface area contributed by atoms with Crippen molar-refractivity contribution in [1.29, 1.82) is 0 Å². The predicted molar refractivity (Wildman–Crippen MR) is 87.0 cm³/mol. The van der Waals surface area contributed by atoms with Crippen LogP contribution in [-0.4, -0.2) is 35.2 Å². The van der Waals surface area contributed by atoms with Crippen LogP contribution in [0.25, 0.3) is 0 Å². The minimum atomic E-state index is -0.225. The normalized spacial score (nSPS) is 19.5. The Bertz CT molecular complexity index is 512. The molecule has 0 bridgehead atoms. The third-order valence-corrected chi connectivity index (χ3v) is 4.08. The molecule has 0 spiro atoms. The van der Waals surface area contributed by atoms with Crippen molar-refractivity contribution in [3.05, 3.63) is 22.7 Å². The van der Waals surface area contributed by atoms with Crippen molar-refractivity contribution >= 4 is 5.82 Å². The molecule has 0 saturated carbocycles. The van der Waals surface area contributed by atoms with Crippen LogP contribution in [0.1, 0.15) is 47.0 Å². The molecule has 0 radical (unpaired) electrons. The molecular formula is C16H28N4O. The Morgan fingerprint density at radius 3 is 2.76 bits per heavy atom. The first kappa shape index (κ1) is 16.0. The number of piperidine rings is 1. The highest BCUT2D eigenvalue weighted by Gasteiger charge is 2.22. The maximum absolute atomic E-state index is 12.7. The van der Waals surface area contributed by atoms with E-state index < -0.39 is 0 Å². The molecule has 2 heterocycles. The van der Waals surface area contributed by atoms with Crippen molar-refractivity contribution in [2.24, 2.45) is 0 Å². The molecule has 0 aliphatic carbocycles. The first-order chi connectivity index (χ1) is 9.93. The summed E-state index contributed by atoms with van der Waals surface area (Å²) in [6.07, 6.45) is 7.21. The van der Waals surface area contributed by atoms with E-state index in [-0.39, 0.29) is 11.1 Å². The Balaban J connectivity index is 2.23. The first-order valence-corrected chi connectivity index (χ1v) is 8.00. The zero-order valence-electron chi connectivity index (χ0n) is 13.7. The number of likely N-dealkylation sites (N-methyl/N-ethyl adjacent to an activating group) is 1. The highest BCUT2D eigenvalue weighted by atomic mass is 16.1. The molecule has 0 aromatic carbocycles. The van der Waals surface area contributed by atoms with Gasteiger partial charge in [0.1, 0.15) is 0 Å². The largest absolute Gasteiger partial charge is 0.351 e. The number of nitrogens with zero attached hydrogens (tertiary/aromatic N) is 3. The fourth-order valence-corrected chi connectivity index (χ4v) is 2.86. The molecule has 1 aliphatic rings. The Kier molecular flexibility index (Phi) is 5.04. The summed E-state index contributed by atoms with van der Waals surface area (Å²) in [7, 11) is 0. The van der Waals surface area contributed by atoms with Gasteiger partial charge in [0.2, 0.25) is 0 Å². The van der Waals surface area contributed by atoms with E-state index in [2.05, 4.69) is 22.1 Å². The standard InChI is InChI=1S/C16H28N4O/c1-5-19(12-13-8-6-7-9-17-13)14-15(21)20(11-10-18-14)16(2,3)4/h10-11,13,17H,5-9,12H2,1-4H3. The van der Waals surface area contributed by atoms with Crippen LogP contribution in [0.4, 0.5) is 5.82 Å². The molecule has 1 aliphatic heterocycles. The zero-order chi connectivity index (χ0) is 15.5. The van der Waals surface area contributed by atoms with Crippen molar-refractivity contribution in [2.45, 2.75) is 58.5 Å². The van der Waals surface area contributed by atoms with Gasteiger partial charge in [0, 0.05) is 37.1 Å². The lowest BCUT2D eigenvalue weighted by atomic mass is 10.0. The summed E-state index contributed by atoms with van der Waals surface area (Å²) in [6.45, 7) is 10.9. The molecule has 1 saturated heterocycles. The van der Waals surface area contributed by atoms with E-state index in [0.29, 0.717) is 11.9 Å². The van der Waals surface area contributed by atoms with Crippen molar-refractivity contribution < 1.29 is 0 Å². The Morgan fingerprint density at radius 2 is 2.19 bits per heavy atom. The number of anilines is 1. The highest BCUT2D eigenvalue weighted by molar-refractivity contribution is 5.36. The van der Waals surface area contributed by atoms with E-state index in [1.54, 1.807) is 17.0 Å². The third-order valence-electron chi connectivity index (χ3n) is 4.08. The Hall–Kier alpha value is -1.36.